The van der Waals surface area contributed by atoms with Gasteiger partial charge in [0.25, 0.3) is 0 Å². The molecule has 2 aromatic rings. The SMILES string of the molecule is CSCCC(NC(N)=O)C(=O)N1CCN(S(=O)(=O)c2ccc3ccccc3c2)CC1. The van der Waals surface area contributed by atoms with Crippen molar-refractivity contribution in [1.29, 1.82) is 0 Å². The van der Waals surface area contributed by atoms with E-state index in [0.29, 0.717) is 12.2 Å². The number of nitrogens with zero attached hydrogens (tertiary/aromatic N) is 2. The minimum absolute atomic E-state index is 0.201. The summed E-state index contributed by atoms with van der Waals surface area (Å²) in [5.41, 5.74) is 5.20. The molecule has 3 N–H and O–H groups in total. The van der Waals surface area contributed by atoms with E-state index in [-0.39, 0.29) is 37.0 Å². The topological polar surface area (TPSA) is 113 Å². The first-order valence-electron chi connectivity index (χ1n) is 9.65. The fourth-order valence-electron chi connectivity index (χ4n) is 3.51. The Bertz CT molecular complexity index is 1020. The average molecular weight is 451 g/mol. The Hall–Kier alpha value is -2.30. The third-order valence-corrected chi connectivity index (χ3v) is 7.67. The Morgan fingerprint density at radius 2 is 1.77 bits per heavy atom. The Morgan fingerprint density at radius 3 is 2.40 bits per heavy atom. The zero-order valence-electron chi connectivity index (χ0n) is 16.8. The van der Waals surface area contributed by atoms with Gasteiger partial charge in [-0.1, -0.05) is 30.3 Å². The summed E-state index contributed by atoms with van der Waals surface area (Å²) in [5, 5.41) is 4.34. The molecule has 1 aliphatic heterocycles. The second-order valence-corrected chi connectivity index (χ2v) is 10.0. The van der Waals surface area contributed by atoms with Crippen LogP contribution in [0.2, 0.25) is 0 Å². The summed E-state index contributed by atoms with van der Waals surface area (Å²) in [7, 11) is -3.65. The van der Waals surface area contributed by atoms with E-state index in [9.17, 15) is 18.0 Å². The lowest BCUT2D eigenvalue weighted by molar-refractivity contribution is -0.134. The lowest BCUT2D eigenvalue weighted by atomic mass is 10.1. The highest BCUT2D eigenvalue weighted by Crippen LogP contribution is 2.23. The first-order valence-corrected chi connectivity index (χ1v) is 12.5. The van der Waals surface area contributed by atoms with Crippen LogP contribution in [-0.4, -0.2) is 73.8 Å². The van der Waals surface area contributed by atoms with Crippen molar-refractivity contribution in [3.63, 3.8) is 0 Å². The number of rotatable bonds is 7. The monoisotopic (exact) mass is 450 g/mol. The van der Waals surface area contributed by atoms with Gasteiger partial charge in [0.05, 0.1) is 4.90 Å². The fraction of sp³-hybridized carbons (Fsp3) is 0.400. The highest BCUT2D eigenvalue weighted by atomic mass is 32.2. The number of nitrogens with two attached hydrogens (primary N) is 1. The summed E-state index contributed by atoms with van der Waals surface area (Å²) in [6, 6.07) is 11.2. The lowest BCUT2D eigenvalue weighted by Crippen LogP contribution is -2.56. The average Bonchev–Trinajstić information content (AvgIpc) is 2.75. The summed E-state index contributed by atoms with van der Waals surface area (Å²) >= 11 is 1.57. The normalized spacial score (nSPS) is 16.4. The van der Waals surface area contributed by atoms with Crippen molar-refractivity contribution in [1.82, 2.24) is 14.5 Å². The number of sulfonamides is 1. The van der Waals surface area contributed by atoms with Crippen molar-refractivity contribution in [3.05, 3.63) is 42.5 Å². The number of hydrogen-bond acceptors (Lipinski definition) is 5. The van der Waals surface area contributed by atoms with Gasteiger partial charge in [-0.3, -0.25) is 4.79 Å². The van der Waals surface area contributed by atoms with Crippen molar-refractivity contribution < 1.29 is 18.0 Å². The molecule has 1 aliphatic rings. The summed E-state index contributed by atoms with van der Waals surface area (Å²) in [6.07, 6.45) is 2.39. The van der Waals surface area contributed by atoms with Crippen LogP contribution in [0.15, 0.2) is 47.4 Å². The van der Waals surface area contributed by atoms with E-state index in [2.05, 4.69) is 5.32 Å². The van der Waals surface area contributed by atoms with Gasteiger partial charge < -0.3 is 16.0 Å². The highest BCUT2D eigenvalue weighted by molar-refractivity contribution is 7.98. The van der Waals surface area contributed by atoms with Crippen molar-refractivity contribution in [2.45, 2.75) is 17.4 Å². The van der Waals surface area contributed by atoms with Crippen LogP contribution in [-0.2, 0) is 14.8 Å². The predicted molar refractivity (Wildman–Crippen MR) is 119 cm³/mol. The van der Waals surface area contributed by atoms with E-state index in [1.807, 2.05) is 30.5 Å². The van der Waals surface area contributed by atoms with Crippen LogP contribution in [0, 0.1) is 0 Å². The molecule has 0 aliphatic carbocycles. The number of carbonyl (C=O) groups excluding carboxylic acids is 2. The van der Waals surface area contributed by atoms with E-state index < -0.39 is 22.1 Å². The van der Waals surface area contributed by atoms with Crippen LogP contribution >= 0.6 is 11.8 Å². The number of hydrogen-bond donors (Lipinski definition) is 2. The molecule has 3 amide bonds. The van der Waals surface area contributed by atoms with Gasteiger partial charge in [0, 0.05) is 26.2 Å². The smallest absolute Gasteiger partial charge is 0.312 e. The van der Waals surface area contributed by atoms with Crippen LogP contribution in [0.3, 0.4) is 0 Å². The Morgan fingerprint density at radius 1 is 1.10 bits per heavy atom. The molecule has 1 fully saturated rings. The minimum Gasteiger partial charge on any atom is -0.352 e. The maximum Gasteiger partial charge on any atom is 0.312 e. The van der Waals surface area contributed by atoms with E-state index in [1.165, 1.54) is 4.31 Å². The van der Waals surface area contributed by atoms with Gasteiger partial charge in [-0.05, 0) is 41.3 Å². The highest BCUT2D eigenvalue weighted by Gasteiger charge is 2.32. The zero-order chi connectivity index (χ0) is 21.7. The number of benzene rings is 2. The summed E-state index contributed by atoms with van der Waals surface area (Å²) in [5.74, 6) is 0.470. The van der Waals surface area contributed by atoms with Crippen LogP contribution < -0.4 is 11.1 Å². The zero-order valence-corrected chi connectivity index (χ0v) is 18.4. The molecule has 0 spiro atoms. The van der Waals surface area contributed by atoms with Gasteiger partial charge in [0.1, 0.15) is 6.04 Å². The van der Waals surface area contributed by atoms with Gasteiger partial charge >= 0.3 is 6.03 Å². The van der Waals surface area contributed by atoms with E-state index in [1.54, 1.807) is 34.9 Å². The van der Waals surface area contributed by atoms with Gasteiger partial charge in [-0.25, -0.2) is 13.2 Å². The molecule has 2 aromatic carbocycles. The molecule has 30 heavy (non-hydrogen) atoms. The number of fused-ring (bicyclic) bond motifs is 1. The molecule has 0 saturated carbocycles. The molecular formula is C20H26N4O4S2. The van der Waals surface area contributed by atoms with E-state index in [4.69, 9.17) is 5.73 Å². The summed E-state index contributed by atoms with van der Waals surface area (Å²) < 4.78 is 27.6. The maximum atomic E-state index is 13.1. The van der Waals surface area contributed by atoms with Gasteiger partial charge in [-0.2, -0.15) is 16.1 Å². The van der Waals surface area contributed by atoms with Crippen LogP contribution in [0.25, 0.3) is 10.8 Å². The van der Waals surface area contributed by atoms with Crippen molar-refractivity contribution in [2.75, 3.05) is 38.2 Å². The van der Waals surface area contributed by atoms with Gasteiger partial charge in [0.2, 0.25) is 15.9 Å². The summed E-state index contributed by atoms with van der Waals surface area (Å²) in [6.45, 7) is 0.934. The second-order valence-electron chi connectivity index (χ2n) is 7.08. The number of amides is 3. The fourth-order valence-corrected chi connectivity index (χ4v) is 5.44. The Labute approximate surface area is 180 Å². The molecule has 0 aromatic heterocycles. The molecule has 0 radical (unpaired) electrons. The quantitative estimate of drug-likeness (QED) is 0.663. The Kier molecular flexibility index (Phi) is 7.22. The summed E-state index contributed by atoms with van der Waals surface area (Å²) in [4.78, 5) is 25.9. The third-order valence-electron chi connectivity index (χ3n) is 5.13. The van der Waals surface area contributed by atoms with Gasteiger partial charge in [0.15, 0.2) is 0 Å². The predicted octanol–water partition coefficient (Wildman–Crippen LogP) is 1.46. The van der Waals surface area contributed by atoms with Crippen molar-refractivity contribution >= 4 is 44.5 Å². The molecular weight excluding hydrogens is 424 g/mol. The molecule has 3 rings (SSSR count). The van der Waals surface area contributed by atoms with Crippen molar-refractivity contribution in [2.24, 2.45) is 5.73 Å². The first kappa shape index (κ1) is 22.4. The second kappa shape index (κ2) is 9.67. The van der Waals surface area contributed by atoms with E-state index >= 15 is 0 Å². The van der Waals surface area contributed by atoms with E-state index in [0.717, 1.165) is 10.8 Å². The van der Waals surface area contributed by atoms with Crippen LogP contribution in [0.5, 0.6) is 0 Å². The lowest BCUT2D eigenvalue weighted by Gasteiger charge is -2.35. The number of primary amides is 1. The van der Waals surface area contributed by atoms with Crippen LogP contribution in [0.4, 0.5) is 4.79 Å². The number of urea groups is 1. The van der Waals surface area contributed by atoms with Crippen molar-refractivity contribution in [3.8, 4) is 0 Å². The molecule has 162 valence electrons. The largest absolute Gasteiger partial charge is 0.352 e. The molecule has 1 saturated heterocycles. The van der Waals surface area contributed by atoms with Crippen LogP contribution in [0.1, 0.15) is 6.42 Å². The number of piperazine rings is 1. The standard InChI is InChI=1S/C20H26N4O4S2/c1-29-13-8-18(22-20(21)26)19(25)23-9-11-24(12-10-23)30(27,28)17-7-6-15-4-2-3-5-16(15)14-17/h2-7,14,18H,8-13H2,1H3,(H3,21,22,26). The minimum atomic E-state index is -3.65. The maximum absolute atomic E-state index is 13.1. The Balaban J connectivity index is 1.68. The van der Waals surface area contributed by atoms with Gasteiger partial charge in [-0.15, -0.1) is 0 Å². The number of carbonyl (C=O) groups is 2. The molecule has 1 atom stereocenters. The molecule has 1 unspecified atom stereocenters. The number of thioether (sulfide) groups is 1. The molecule has 0 bridgehead atoms. The first-order chi connectivity index (χ1) is 14.3. The third kappa shape index (κ3) is 5.05. The number of nitrogens with one attached hydrogen (secondary N) is 1. The molecule has 10 heteroatoms. The molecule has 1 heterocycles. The molecule has 8 nitrogen and oxygen atoms in total.